The second-order valence-electron chi connectivity index (χ2n) is 3.90. The summed E-state index contributed by atoms with van der Waals surface area (Å²) < 4.78 is 56.4. The highest BCUT2D eigenvalue weighted by molar-refractivity contribution is 8.13. The van der Waals surface area contributed by atoms with Crippen molar-refractivity contribution in [1.29, 1.82) is 0 Å². The monoisotopic (exact) mass is 328 g/mol. The van der Waals surface area contributed by atoms with Gasteiger partial charge in [-0.1, -0.05) is 6.07 Å². The molecule has 0 bridgehead atoms. The molecular weight excluding hydrogens is 318 g/mol. The highest BCUT2D eigenvalue weighted by Gasteiger charge is 2.28. The molecule has 0 N–H and O–H groups in total. The van der Waals surface area contributed by atoms with Crippen LogP contribution < -0.4 is 4.74 Å². The van der Waals surface area contributed by atoms with Crippen LogP contribution in [0.15, 0.2) is 23.1 Å². The van der Waals surface area contributed by atoms with Crippen molar-refractivity contribution < 1.29 is 31.5 Å². The molecule has 9 heteroatoms. The van der Waals surface area contributed by atoms with Gasteiger partial charge in [-0.3, -0.25) is 0 Å². The molecule has 0 radical (unpaired) electrons. The van der Waals surface area contributed by atoms with Gasteiger partial charge in [-0.25, -0.2) is 13.2 Å². The number of halogens is 3. The second kappa shape index (κ2) is 6.36. The molecule has 112 valence electrons. The van der Waals surface area contributed by atoms with Crippen LogP contribution in [0, 0.1) is 0 Å². The molecule has 0 aliphatic rings. The average Bonchev–Trinajstić information content (AvgIpc) is 2.25. The number of ether oxygens (including phenoxy) is 2. The lowest BCUT2D eigenvalue weighted by Gasteiger charge is -2.13. The van der Waals surface area contributed by atoms with Crippen LogP contribution in [0.3, 0.4) is 0 Å². The van der Waals surface area contributed by atoms with E-state index >= 15 is 0 Å². The largest absolute Gasteiger partial charge is 0.459 e. The van der Waals surface area contributed by atoms with E-state index in [4.69, 9.17) is 15.4 Å². The maximum atomic E-state index is 12.3. The number of benzene rings is 1. The molecule has 0 amide bonds. The van der Waals surface area contributed by atoms with E-state index < -0.39 is 43.9 Å². The minimum atomic E-state index is -4.48. The molecule has 20 heavy (non-hydrogen) atoms. The molecule has 1 aromatic carbocycles. The van der Waals surface area contributed by atoms with Crippen LogP contribution in [-0.4, -0.2) is 27.1 Å². The maximum absolute atomic E-state index is 12.3. The minimum absolute atomic E-state index is 0.466. The highest BCUT2D eigenvalue weighted by atomic mass is 35.7. The van der Waals surface area contributed by atoms with E-state index in [1.165, 1.54) is 6.07 Å². The van der Waals surface area contributed by atoms with E-state index in [-0.39, 0.29) is 0 Å². The van der Waals surface area contributed by atoms with E-state index in [1.54, 1.807) is 13.8 Å². The van der Waals surface area contributed by atoms with Crippen LogP contribution >= 0.6 is 10.7 Å². The Labute approximate surface area is 118 Å². The van der Waals surface area contributed by atoms with Crippen molar-refractivity contribution in [3.63, 3.8) is 0 Å². The predicted molar refractivity (Wildman–Crippen MR) is 66.7 cm³/mol. The Hall–Kier alpha value is -1.41. The van der Waals surface area contributed by atoms with Gasteiger partial charge in [0.05, 0.1) is 11.7 Å². The van der Waals surface area contributed by atoms with E-state index in [0.717, 1.165) is 12.1 Å². The zero-order valence-corrected chi connectivity index (χ0v) is 12.0. The smallest absolute Gasteiger partial charge is 0.387 e. The Morgan fingerprint density at radius 1 is 1.30 bits per heavy atom. The molecule has 5 nitrogen and oxygen atoms in total. The Bertz CT molecular complexity index is 601. The zero-order chi connectivity index (χ0) is 15.5. The van der Waals surface area contributed by atoms with Gasteiger partial charge < -0.3 is 9.47 Å². The van der Waals surface area contributed by atoms with Gasteiger partial charge in [0, 0.05) is 10.7 Å². The van der Waals surface area contributed by atoms with Gasteiger partial charge in [0.2, 0.25) is 0 Å². The normalized spacial score (nSPS) is 11.8. The molecule has 0 aliphatic heterocycles. The molecule has 0 saturated carbocycles. The third-order valence-corrected chi connectivity index (χ3v) is 3.37. The number of hydrogen-bond acceptors (Lipinski definition) is 5. The van der Waals surface area contributed by atoms with Gasteiger partial charge in [-0.2, -0.15) is 8.78 Å². The Kier molecular flexibility index (Phi) is 5.29. The van der Waals surface area contributed by atoms with Crippen molar-refractivity contribution in [3.05, 3.63) is 23.8 Å². The summed E-state index contributed by atoms with van der Waals surface area (Å²) in [5.74, 6) is -1.72. The van der Waals surface area contributed by atoms with Gasteiger partial charge in [-0.05, 0) is 26.0 Å². The Morgan fingerprint density at radius 2 is 1.90 bits per heavy atom. The first kappa shape index (κ1) is 16.6. The topological polar surface area (TPSA) is 69.7 Å². The van der Waals surface area contributed by atoms with Crippen LogP contribution in [0.4, 0.5) is 8.78 Å². The third kappa shape index (κ3) is 4.31. The number of carbonyl (C=O) groups is 1. The number of hydrogen-bond donors (Lipinski definition) is 0. The van der Waals surface area contributed by atoms with Crippen LogP contribution in [-0.2, 0) is 13.8 Å². The molecule has 0 unspecified atom stereocenters. The van der Waals surface area contributed by atoms with Crippen molar-refractivity contribution in [2.24, 2.45) is 0 Å². The summed E-state index contributed by atoms with van der Waals surface area (Å²) in [6.45, 7) is -0.165. The second-order valence-corrected chi connectivity index (χ2v) is 6.41. The van der Waals surface area contributed by atoms with Crippen LogP contribution in [0.1, 0.15) is 24.2 Å². The fourth-order valence-corrected chi connectivity index (χ4v) is 2.64. The Balaban J connectivity index is 3.41. The lowest BCUT2D eigenvalue weighted by Crippen LogP contribution is -2.16. The molecule has 0 aromatic heterocycles. The first-order valence-electron chi connectivity index (χ1n) is 5.36. The highest BCUT2D eigenvalue weighted by Crippen LogP contribution is 2.32. The summed E-state index contributed by atoms with van der Waals surface area (Å²) in [7, 11) is 0.695. The molecule has 0 saturated heterocycles. The minimum Gasteiger partial charge on any atom is -0.459 e. The summed E-state index contributed by atoms with van der Waals surface area (Å²) >= 11 is 0. The number of esters is 1. The number of rotatable bonds is 5. The van der Waals surface area contributed by atoms with Gasteiger partial charge in [0.15, 0.2) is 0 Å². The molecule has 0 spiro atoms. The molecular formula is C11H11ClF2O5S. The molecule has 1 aromatic rings. The van der Waals surface area contributed by atoms with E-state index in [9.17, 15) is 22.0 Å². The molecule has 0 fully saturated rings. The van der Waals surface area contributed by atoms with Crippen LogP contribution in [0.25, 0.3) is 0 Å². The molecule has 0 aliphatic carbocycles. The molecule has 1 rings (SSSR count). The summed E-state index contributed by atoms with van der Waals surface area (Å²) in [5, 5.41) is 0. The van der Waals surface area contributed by atoms with Crippen molar-refractivity contribution in [1.82, 2.24) is 0 Å². The average molecular weight is 329 g/mol. The zero-order valence-electron chi connectivity index (χ0n) is 10.5. The quantitative estimate of drug-likeness (QED) is 0.614. The summed E-state index contributed by atoms with van der Waals surface area (Å²) in [6.07, 6.45) is -0.520. The third-order valence-electron chi connectivity index (χ3n) is 2.00. The standard InChI is InChI=1S/C11H11ClF2O5S/c1-6(2)18-10(15)7-4-3-5-8(19-11(13)14)9(7)20(12,16)17/h3-6,11H,1-2H3. The predicted octanol–water partition coefficient (Wildman–Crippen LogP) is 2.78. The van der Waals surface area contributed by atoms with E-state index in [2.05, 4.69) is 4.74 Å². The van der Waals surface area contributed by atoms with Crippen molar-refractivity contribution in [3.8, 4) is 5.75 Å². The van der Waals surface area contributed by atoms with Gasteiger partial charge in [-0.15, -0.1) is 0 Å². The number of carbonyl (C=O) groups excluding carboxylic acids is 1. The first-order chi connectivity index (χ1) is 9.12. The Morgan fingerprint density at radius 3 is 2.35 bits per heavy atom. The fraction of sp³-hybridized carbons (Fsp3) is 0.364. The van der Waals surface area contributed by atoms with Crippen molar-refractivity contribution in [2.45, 2.75) is 31.5 Å². The van der Waals surface area contributed by atoms with Gasteiger partial charge in [0.1, 0.15) is 10.6 Å². The molecule has 0 atom stereocenters. The van der Waals surface area contributed by atoms with Gasteiger partial charge >= 0.3 is 12.6 Å². The first-order valence-corrected chi connectivity index (χ1v) is 7.67. The summed E-state index contributed by atoms with van der Waals surface area (Å²) in [5.41, 5.74) is -0.466. The van der Waals surface area contributed by atoms with Crippen molar-refractivity contribution >= 4 is 25.7 Å². The van der Waals surface area contributed by atoms with Crippen LogP contribution in [0.5, 0.6) is 5.75 Å². The van der Waals surface area contributed by atoms with E-state index in [0.29, 0.717) is 0 Å². The maximum Gasteiger partial charge on any atom is 0.387 e. The summed E-state index contributed by atoms with van der Waals surface area (Å²) in [4.78, 5) is 10.9. The lowest BCUT2D eigenvalue weighted by molar-refractivity contribution is -0.0519. The fourth-order valence-electron chi connectivity index (χ4n) is 1.39. The van der Waals surface area contributed by atoms with Crippen molar-refractivity contribution in [2.75, 3.05) is 0 Å². The van der Waals surface area contributed by atoms with Crippen LogP contribution in [0.2, 0.25) is 0 Å². The lowest BCUT2D eigenvalue weighted by atomic mass is 10.2. The number of alkyl halides is 2. The SMILES string of the molecule is CC(C)OC(=O)c1cccc(OC(F)F)c1S(=O)(=O)Cl. The van der Waals surface area contributed by atoms with E-state index in [1.807, 2.05) is 0 Å². The molecule has 0 heterocycles. The summed E-state index contributed by atoms with van der Waals surface area (Å²) in [6, 6.07) is 3.24. The van der Waals surface area contributed by atoms with Gasteiger partial charge in [0.25, 0.3) is 9.05 Å².